The van der Waals surface area contributed by atoms with E-state index in [0.717, 1.165) is 11.6 Å². The molecule has 0 bridgehead atoms. The number of quaternary nitrogens is 1. The molecule has 1 amide bonds. The number of anilines is 1. The second kappa shape index (κ2) is 10.7. The first-order valence-electron chi connectivity index (χ1n) is 12.7. The smallest absolute Gasteiger partial charge is 0.416 e. The van der Waals surface area contributed by atoms with Gasteiger partial charge in [0.2, 0.25) is 0 Å². The zero-order chi connectivity index (χ0) is 28.5. The highest BCUT2D eigenvalue weighted by Crippen LogP contribution is 2.35. The number of benzene rings is 2. The predicted octanol–water partition coefficient (Wildman–Crippen LogP) is 4.47. The summed E-state index contributed by atoms with van der Waals surface area (Å²) in [5, 5.41) is 19.9. The van der Waals surface area contributed by atoms with Crippen molar-refractivity contribution in [2.24, 2.45) is 0 Å². The third kappa shape index (κ3) is 5.99. The summed E-state index contributed by atoms with van der Waals surface area (Å²) >= 11 is 0. The molecule has 206 valence electrons. The molecule has 11 heteroatoms. The molecule has 0 atom stereocenters. The Morgan fingerprint density at radius 2 is 1.90 bits per heavy atom. The molecule has 5 rings (SSSR count). The van der Waals surface area contributed by atoms with Gasteiger partial charge in [0.1, 0.15) is 12.2 Å². The van der Waals surface area contributed by atoms with Crippen LogP contribution in [0.3, 0.4) is 0 Å². The van der Waals surface area contributed by atoms with Crippen LogP contribution in [0.25, 0.3) is 5.65 Å². The molecule has 1 N–H and O–H groups in total. The van der Waals surface area contributed by atoms with E-state index < -0.39 is 22.3 Å². The maximum atomic E-state index is 14.0. The van der Waals surface area contributed by atoms with Crippen molar-refractivity contribution in [3.63, 3.8) is 0 Å². The summed E-state index contributed by atoms with van der Waals surface area (Å²) < 4.78 is 42.8. The summed E-state index contributed by atoms with van der Waals surface area (Å²) in [5.41, 5.74) is 1.86. The van der Waals surface area contributed by atoms with Crippen LogP contribution >= 0.6 is 0 Å². The number of rotatable bonds is 4. The Kier molecular flexibility index (Phi) is 7.33. The number of carbonyl (C=O) groups is 1. The Morgan fingerprint density at radius 3 is 2.65 bits per heavy atom. The van der Waals surface area contributed by atoms with E-state index in [-0.39, 0.29) is 36.4 Å². The van der Waals surface area contributed by atoms with Gasteiger partial charge in [0.25, 0.3) is 5.91 Å². The van der Waals surface area contributed by atoms with Gasteiger partial charge >= 0.3 is 6.18 Å². The molecule has 0 radical (unpaired) electrons. The quantitative estimate of drug-likeness (QED) is 0.231. The predicted molar refractivity (Wildman–Crippen MR) is 144 cm³/mol. The third-order valence-corrected chi connectivity index (χ3v) is 7.01. The van der Waals surface area contributed by atoms with Gasteiger partial charge in [0.05, 0.1) is 24.8 Å². The molecule has 1 aliphatic rings. The Morgan fingerprint density at radius 1 is 1.12 bits per heavy atom. The van der Waals surface area contributed by atoms with Crippen LogP contribution in [0.2, 0.25) is 0 Å². The topological polar surface area (TPSA) is 85.6 Å². The van der Waals surface area contributed by atoms with Gasteiger partial charge in [-0.2, -0.15) is 18.3 Å². The van der Waals surface area contributed by atoms with E-state index in [1.54, 1.807) is 47.2 Å². The van der Waals surface area contributed by atoms with Gasteiger partial charge in [-0.25, -0.2) is 9.50 Å². The molecule has 0 saturated carbocycles. The van der Waals surface area contributed by atoms with Crippen LogP contribution in [0.1, 0.15) is 38.3 Å². The molecule has 4 aromatic rings. The van der Waals surface area contributed by atoms with Crippen LogP contribution in [0.4, 0.5) is 18.9 Å². The molecular weight excluding hydrogens is 521 g/mol. The lowest BCUT2D eigenvalue weighted by molar-refractivity contribution is -0.898. The van der Waals surface area contributed by atoms with E-state index in [1.165, 1.54) is 12.1 Å². The molecule has 0 aliphatic carbocycles. The zero-order valence-corrected chi connectivity index (χ0v) is 22.0. The number of hydrogen-bond acceptors (Lipinski definition) is 5. The SMILES string of the molecule is Cc1ccc(C(=O)Nc2ccc(C[N+]3([O-])CCN(C)CC3)c(C(F)(F)F)c2)cc1C#Cc1cnc2cccnn12. The first kappa shape index (κ1) is 27.3. The number of imidazole rings is 1. The van der Waals surface area contributed by atoms with E-state index in [2.05, 4.69) is 27.2 Å². The highest BCUT2D eigenvalue weighted by Gasteiger charge is 2.36. The first-order valence-corrected chi connectivity index (χ1v) is 12.7. The minimum absolute atomic E-state index is 0.0121. The van der Waals surface area contributed by atoms with Gasteiger partial charge in [-0.15, -0.1) is 0 Å². The Balaban J connectivity index is 1.36. The summed E-state index contributed by atoms with van der Waals surface area (Å²) in [6.07, 6.45) is -1.45. The average molecular weight is 549 g/mol. The fourth-order valence-corrected chi connectivity index (χ4v) is 4.60. The molecule has 2 aromatic heterocycles. The standard InChI is InChI=1S/C29H27F3N6O2/c1-20-5-6-22(16-21(20)8-10-25-18-33-27-4-3-11-34-37(25)27)28(39)35-24-9-7-23(26(17-24)29(30,31)32)19-38(40)14-12-36(2)13-15-38/h3-7,9,11,16-18H,12-15,19H2,1-2H3,(H,35,39). The van der Waals surface area contributed by atoms with Crippen molar-refractivity contribution in [3.8, 4) is 11.8 Å². The second-order valence-electron chi connectivity index (χ2n) is 10.0. The zero-order valence-electron chi connectivity index (χ0n) is 22.0. The summed E-state index contributed by atoms with van der Waals surface area (Å²) in [6, 6.07) is 12.0. The molecule has 1 aliphatic heterocycles. The van der Waals surface area contributed by atoms with Crippen LogP contribution in [-0.4, -0.2) is 63.3 Å². The van der Waals surface area contributed by atoms with Crippen LogP contribution in [0.15, 0.2) is 60.9 Å². The van der Waals surface area contributed by atoms with Crippen LogP contribution < -0.4 is 5.32 Å². The maximum absolute atomic E-state index is 14.0. The molecule has 1 fully saturated rings. The van der Waals surface area contributed by atoms with Crippen molar-refractivity contribution in [1.29, 1.82) is 0 Å². The number of piperazine rings is 1. The number of carbonyl (C=O) groups excluding carboxylic acids is 1. The van der Waals surface area contributed by atoms with Gasteiger partial charge in [-0.3, -0.25) is 9.69 Å². The Hall–Kier alpha value is -4.24. The van der Waals surface area contributed by atoms with Crippen molar-refractivity contribution in [2.75, 3.05) is 38.5 Å². The lowest BCUT2D eigenvalue weighted by Crippen LogP contribution is -2.54. The molecule has 3 heterocycles. The number of aromatic nitrogens is 3. The van der Waals surface area contributed by atoms with Crippen molar-refractivity contribution in [1.82, 2.24) is 19.5 Å². The number of nitrogens with one attached hydrogen (secondary N) is 1. The van der Waals surface area contributed by atoms with Crippen molar-refractivity contribution >= 4 is 17.2 Å². The molecule has 8 nitrogen and oxygen atoms in total. The first-order chi connectivity index (χ1) is 19.0. The highest BCUT2D eigenvalue weighted by molar-refractivity contribution is 6.04. The average Bonchev–Trinajstić information content (AvgIpc) is 3.33. The summed E-state index contributed by atoms with van der Waals surface area (Å²) in [5.74, 6) is 5.47. The second-order valence-corrected chi connectivity index (χ2v) is 10.0. The largest absolute Gasteiger partial charge is 0.632 e. The fraction of sp³-hybridized carbons (Fsp3) is 0.276. The van der Waals surface area contributed by atoms with Gasteiger partial charge in [0.15, 0.2) is 5.65 Å². The maximum Gasteiger partial charge on any atom is 0.416 e. The van der Waals surface area contributed by atoms with Gasteiger partial charge in [-0.1, -0.05) is 18.1 Å². The number of halogens is 3. The molecule has 1 saturated heterocycles. The molecule has 2 aromatic carbocycles. The number of alkyl halides is 3. The van der Waals surface area contributed by atoms with Gasteiger partial charge < -0.3 is 15.2 Å². The molecule has 0 spiro atoms. The molecule has 40 heavy (non-hydrogen) atoms. The highest BCUT2D eigenvalue weighted by atomic mass is 19.4. The Labute approximate surface area is 229 Å². The fourth-order valence-electron chi connectivity index (χ4n) is 4.60. The van der Waals surface area contributed by atoms with Crippen LogP contribution in [0, 0.1) is 24.0 Å². The third-order valence-electron chi connectivity index (χ3n) is 7.01. The minimum atomic E-state index is -4.68. The van der Waals surface area contributed by atoms with E-state index in [9.17, 15) is 23.2 Å². The van der Waals surface area contributed by atoms with Gasteiger partial charge in [0, 0.05) is 41.7 Å². The monoisotopic (exact) mass is 548 g/mol. The summed E-state index contributed by atoms with van der Waals surface area (Å²) in [7, 11) is 1.88. The van der Waals surface area contributed by atoms with E-state index in [1.807, 2.05) is 18.9 Å². The lowest BCUT2D eigenvalue weighted by atomic mass is 10.0. The van der Waals surface area contributed by atoms with Crippen molar-refractivity contribution in [3.05, 3.63) is 99.6 Å². The molecular formula is C29H27F3N6O2. The van der Waals surface area contributed by atoms with Gasteiger partial charge in [-0.05, 0) is 61.9 Å². The minimum Gasteiger partial charge on any atom is -0.632 e. The van der Waals surface area contributed by atoms with E-state index in [4.69, 9.17) is 0 Å². The van der Waals surface area contributed by atoms with Crippen molar-refractivity contribution in [2.45, 2.75) is 19.6 Å². The Bertz CT molecular complexity index is 1630. The summed E-state index contributed by atoms with van der Waals surface area (Å²) in [4.78, 5) is 19.2. The molecule has 0 unspecified atom stereocenters. The number of aryl methyl sites for hydroxylation is 1. The number of fused-ring (bicyclic) bond motifs is 1. The number of hydrogen-bond donors (Lipinski definition) is 1. The van der Waals surface area contributed by atoms with E-state index in [0.29, 0.717) is 30.0 Å². The number of nitrogens with zero attached hydrogens (tertiary/aromatic N) is 5. The normalized spacial score (nSPS) is 15.4. The van der Waals surface area contributed by atoms with Crippen LogP contribution in [0.5, 0.6) is 0 Å². The van der Waals surface area contributed by atoms with E-state index >= 15 is 0 Å². The van der Waals surface area contributed by atoms with Crippen molar-refractivity contribution < 1.29 is 22.6 Å². The lowest BCUT2D eigenvalue weighted by Gasteiger charge is -2.48. The van der Waals surface area contributed by atoms with Crippen LogP contribution in [-0.2, 0) is 12.7 Å². The number of amides is 1. The number of hydroxylamine groups is 3. The number of likely N-dealkylation sites (N-methyl/N-ethyl adjacent to an activating group) is 1. The summed E-state index contributed by atoms with van der Waals surface area (Å²) in [6.45, 7) is 3.06.